The number of likely N-dealkylation sites (N-methyl/N-ethyl adjacent to an activating group) is 1. The lowest BCUT2D eigenvalue weighted by Gasteiger charge is -2.11. The Hall–Kier alpha value is -5.09. The van der Waals surface area contributed by atoms with E-state index >= 15 is 0 Å². The zero-order valence-electron chi connectivity index (χ0n) is 21.2. The molecule has 4 aromatic heterocycles. The second kappa shape index (κ2) is 9.66. The predicted molar refractivity (Wildman–Crippen MR) is 149 cm³/mol. The van der Waals surface area contributed by atoms with Gasteiger partial charge in [0.25, 0.3) is 0 Å². The van der Waals surface area contributed by atoms with Crippen molar-refractivity contribution in [3.63, 3.8) is 0 Å². The maximum atomic E-state index is 14.0. The number of H-pyrrole nitrogens is 2. The van der Waals surface area contributed by atoms with Gasteiger partial charge in [0.05, 0.1) is 35.3 Å². The van der Waals surface area contributed by atoms with Crippen LogP contribution in [0.2, 0.25) is 0 Å². The Labute approximate surface area is 222 Å². The van der Waals surface area contributed by atoms with Crippen molar-refractivity contribution in [3.8, 4) is 39.5 Å². The number of phenols is 1. The highest BCUT2D eigenvalue weighted by atomic mass is 19.1. The molecule has 1 amide bonds. The number of carbonyl (C=O) groups excluding carboxylic acids is 1. The number of aromatic amines is 2. The normalized spacial score (nSPS) is 11.5. The maximum absolute atomic E-state index is 14.0. The van der Waals surface area contributed by atoms with Crippen LogP contribution in [0, 0.1) is 5.82 Å². The van der Waals surface area contributed by atoms with Gasteiger partial charge in [-0.2, -0.15) is 5.10 Å². The van der Waals surface area contributed by atoms with E-state index < -0.39 is 5.82 Å². The molecule has 0 unspecified atom stereocenters. The molecular formula is C29H24FN7O2. The van der Waals surface area contributed by atoms with E-state index in [1.165, 1.54) is 12.1 Å². The Morgan fingerprint density at radius 3 is 2.62 bits per heavy atom. The summed E-state index contributed by atoms with van der Waals surface area (Å²) >= 11 is 0. The van der Waals surface area contributed by atoms with Crippen molar-refractivity contribution in [3.05, 3.63) is 79.0 Å². The number of aromatic hydroxyl groups is 1. The molecule has 39 heavy (non-hydrogen) atoms. The molecule has 0 spiro atoms. The van der Waals surface area contributed by atoms with Crippen molar-refractivity contribution in [2.45, 2.75) is 0 Å². The molecule has 0 atom stereocenters. The summed E-state index contributed by atoms with van der Waals surface area (Å²) < 4.78 is 14.0. The van der Waals surface area contributed by atoms with Crippen molar-refractivity contribution < 1.29 is 14.3 Å². The molecule has 0 saturated carbocycles. The van der Waals surface area contributed by atoms with Gasteiger partial charge in [-0.25, -0.2) is 4.39 Å². The average molecular weight is 522 g/mol. The van der Waals surface area contributed by atoms with Gasteiger partial charge in [-0.15, -0.1) is 0 Å². The number of nitrogens with zero attached hydrogens (tertiary/aromatic N) is 4. The number of halogens is 1. The smallest absolute Gasteiger partial charge is 0.238 e. The maximum Gasteiger partial charge on any atom is 0.238 e. The number of carbonyl (C=O) groups is 1. The molecule has 6 aromatic rings. The first kappa shape index (κ1) is 24.3. The summed E-state index contributed by atoms with van der Waals surface area (Å²) in [6.45, 7) is 0.274. The van der Waals surface area contributed by atoms with E-state index in [9.17, 15) is 14.3 Å². The van der Waals surface area contributed by atoms with Crippen LogP contribution in [0.1, 0.15) is 0 Å². The summed E-state index contributed by atoms with van der Waals surface area (Å²) in [6.07, 6.45) is 5.00. The minimum Gasteiger partial charge on any atom is -0.508 e. The molecular weight excluding hydrogens is 497 g/mol. The van der Waals surface area contributed by atoms with Crippen molar-refractivity contribution in [2.75, 3.05) is 26.0 Å². The first-order chi connectivity index (χ1) is 18.8. The zero-order valence-corrected chi connectivity index (χ0v) is 21.2. The summed E-state index contributed by atoms with van der Waals surface area (Å²) in [5.74, 6) is -0.824. The van der Waals surface area contributed by atoms with E-state index in [2.05, 4.69) is 30.5 Å². The number of anilines is 1. The fourth-order valence-electron chi connectivity index (χ4n) is 4.68. The number of hydrogen-bond acceptors (Lipinski definition) is 6. The third-order valence-corrected chi connectivity index (χ3v) is 6.34. The number of amides is 1. The van der Waals surface area contributed by atoms with E-state index in [0.29, 0.717) is 22.6 Å². The number of phenolic OH excluding ortho intramolecular Hbond substituents is 1. The van der Waals surface area contributed by atoms with E-state index in [4.69, 9.17) is 0 Å². The minimum absolute atomic E-state index is 0.118. The number of benzene rings is 2. The second-order valence-electron chi connectivity index (χ2n) is 9.58. The number of fused-ring (bicyclic) bond motifs is 2. The number of rotatable bonds is 6. The topological polar surface area (TPSA) is 123 Å². The van der Waals surface area contributed by atoms with Crippen LogP contribution >= 0.6 is 0 Å². The van der Waals surface area contributed by atoms with Gasteiger partial charge in [-0.1, -0.05) is 6.07 Å². The Kier molecular flexibility index (Phi) is 6.01. The molecule has 4 N–H and O–H groups in total. The Bertz CT molecular complexity index is 1840. The Morgan fingerprint density at radius 1 is 0.949 bits per heavy atom. The van der Waals surface area contributed by atoms with Crippen molar-refractivity contribution in [1.29, 1.82) is 0 Å². The van der Waals surface area contributed by atoms with Crippen LogP contribution in [0.3, 0.4) is 0 Å². The minimum atomic E-state index is -0.541. The fraction of sp³-hybridized carbons (Fsp3) is 0.103. The van der Waals surface area contributed by atoms with Crippen LogP contribution in [-0.4, -0.2) is 61.7 Å². The summed E-state index contributed by atoms with van der Waals surface area (Å²) in [4.78, 5) is 26.2. The Balaban J connectivity index is 1.39. The van der Waals surface area contributed by atoms with E-state index in [1.807, 2.05) is 50.5 Å². The van der Waals surface area contributed by atoms with Crippen LogP contribution in [0.4, 0.5) is 10.1 Å². The molecule has 0 aliphatic rings. The average Bonchev–Trinajstić information content (AvgIpc) is 3.51. The van der Waals surface area contributed by atoms with Gasteiger partial charge in [0.15, 0.2) is 0 Å². The van der Waals surface area contributed by atoms with Gasteiger partial charge in [-0.3, -0.25) is 19.9 Å². The van der Waals surface area contributed by atoms with Gasteiger partial charge in [-0.05, 0) is 62.1 Å². The molecule has 4 heterocycles. The lowest BCUT2D eigenvalue weighted by molar-refractivity contribution is -0.116. The van der Waals surface area contributed by atoms with E-state index in [-0.39, 0.29) is 18.2 Å². The molecule has 0 fully saturated rings. The highest BCUT2D eigenvalue weighted by Crippen LogP contribution is 2.35. The van der Waals surface area contributed by atoms with Crippen molar-refractivity contribution >= 4 is 33.4 Å². The molecule has 0 aliphatic carbocycles. The standard InChI is InChI=1S/C29H24FN7O2/c1-37(2)15-27(39)33-20-8-18(13-31-14-20)16-3-4-25-22(10-16)29(36-35-25)26-12-23-24(34-26)5-6-32-28(23)17-7-19(30)11-21(38)9-17/h3-14,34,38H,15H2,1-2H3,(H,33,39)(H,35,36). The van der Waals surface area contributed by atoms with E-state index in [0.717, 1.165) is 44.7 Å². The molecule has 0 bridgehead atoms. The van der Waals surface area contributed by atoms with Gasteiger partial charge >= 0.3 is 0 Å². The summed E-state index contributed by atoms with van der Waals surface area (Å²) in [5, 5.41) is 22.1. The predicted octanol–water partition coefficient (Wildman–Crippen LogP) is 5.18. The SMILES string of the molecule is CN(C)CC(=O)Nc1cncc(-c2ccc3[nH]nc(-c4cc5c(-c6cc(O)cc(F)c6)nccc5[nH]4)c3c2)c1. The van der Waals surface area contributed by atoms with Crippen molar-refractivity contribution in [2.24, 2.45) is 0 Å². The van der Waals surface area contributed by atoms with Gasteiger partial charge in [0.1, 0.15) is 17.3 Å². The summed E-state index contributed by atoms with van der Waals surface area (Å²) in [7, 11) is 3.67. The molecule has 0 radical (unpaired) electrons. The highest BCUT2D eigenvalue weighted by Gasteiger charge is 2.16. The Morgan fingerprint density at radius 2 is 1.79 bits per heavy atom. The van der Waals surface area contributed by atoms with Crippen molar-refractivity contribution in [1.82, 2.24) is 30.0 Å². The van der Waals surface area contributed by atoms with E-state index in [1.54, 1.807) is 23.5 Å². The van der Waals surface area contributed by atoms with Crippen LogP contribution in [0.5, 0.6) is 5.75 Å². The van der Waals surface area contributed by atoms with Crippen LogP contribution < -0.4 is 5.32 Å². The number of pyridine rings is 2. The number of hydrogen-bond donors (Lipinski definition) is 4. The van der Waals surface area contributed by atoms with Gasteiger partial charge in [0.2, 0.25) is 5.91 Å². The first-order valence-electron chi connectivity index (χ1n) is 12.2. The van der Waals surface area contributed by atoms with Gasteiger partial charge < -0.3 is 20.3 Å². The molecule has 9 nitrogen and oxygen atoms in total. The monoisotopic (exact) mass is 521 g/mol. The fourth-order valence-corrected chi connectivity index (χ4v) is 4.68. The molecule has 10 heteroatoms. The third kappa shape index (κ3) is 4.80. The zero-order chi connectivity index (χ0) is 27.1. The highest BCUT2D eigenvalue weighted by molar-refractivity contribution is 6.01. The lowest BCUT2D eigenvalue weighted by atomic mass is 10.0. The van der Waals surface area contributed by atoms with Crippen LogP contribution in [0.15, 0.2) is 73.2 Å². The number of aromatic nitrogens is 5. The first-order valence-corrected chi connectivity index (χ1v) is 12.2. The summed E-state index contributed by atoms with van der Waals surface area (Å²) in [6, 6.07) is 15.5. The lowest BCUT2D eigenvalue weighted by Crippen LogP contribution is -2.27. The van der Waals surface area contributed by atoms with Crippen LogP contribution in [0.25, 0.3) is 55.6 Å². The van der Waals surface area contributed by atoms with Crippen LogP contribution in [-0.2, 0) is 4.79 Å². The quantitative estimate of drug-likeness (QED) is 0.240. The molecule has 0 aliphatic heterocycles. The van der Waals surface area contributed by atoms with Gasteiger partial charge in [0, 0.05) is 45.9 Å². The molecule has 0 saturated heterocycles. The summed E-state index contributed by atoms with van der Waals surface area (Å²) in [5.41, 5.74) is 6.51. The molecule has 2 aromatic carbocycles. The third-order valence-electron chi connectivity index (χ3n) is 6.34. The molecule has 6 rings (SSSR count). The molecule has 194 valence electrons. The second-order valence-corrected chi connectivity index (χ2v) is 9.58. The number of nitrogens with one attached hydrogen (secondary N) is 3. The largest absolute Gasteiger partial charge is 0.508 e.